The van der Waals surface area contributed by atoms with E-state index < -0.39 is 10.9 Å². The number of ether oxygens (including phenoxy) is 5. The number of thioether (sulfide) groups is 2. The third kappa shape index (κ3) is 10.8. The molecule has 0 saturated carbocycles. The summed E-state index contributed by atoms with van der Waals surface area (Å²) >= 11 is 2.93. The molecular formula is C40H54N4O9S2. The summed E-state index contributed by atoms with van der Waals surface area (Å²) in [6.45, 7) is 11.3. The van der Waals surface area contributed by atoms with Crippen LogP contribution in [-0.2, 0) is 31.9 Å². The molecule has 2 aromatic carbocycles. The number of benzene rings is 2. The van der Waals surface area contributed by atoms with Crippen LogP contribution in [0, 0.1) is 20.8 Å². The molecular weight excluding hydrogens is 745 g/mol. The van der Waals surface area contributed by atoms with Crippen LogP contribution in [0.5, 0.6) is 17.2 Å². The number of hydrogen-bond acceptors (Lipinski definition) is 11. The van der Waals surface area contributed by atoms with E-state index >= 15 is 0 Å². The van der Waals surface area contributed by atoms with Crippen molar-refractivity contribution in [3.63, 3.8) is 0 Å². The maximum Gasteiger partial charge on any atom is 0.315 e. The van der Waals surface area contributed by atoms with Crippen molar-refractivity contribution < 1.29 is 42.9 Å². The van der Waals surface area contributed by atoms with Gasteiger partial charge in [0.05, 0.1) is 43.8 Å². The van der Waals surface area contributed by atoms with Crippen LogP contribution >= 0.6 is 23.5 Å². The zero-order valence-corrected chi connectivity index (χ0v) is 33.8. The number of carbonyl (C=O) groups is 4. The molecule has 0 aromatic heterocycles. The van der Waals surface area contributed by atoms with Crippen LogP contribution in [0.2, 0.25) is 0 Å². The van der Waals surface area contributed by atoms with Crippen LogP contribution in [-0.4, -0.2) is 103 Å². The van der Waals surface area contributed by atoms with E-state index in [-0.39, 0.29) is 35.2 Å². The zero-order valence-electron chi connectivity index (χ0n) is 32.2. The lowest BCUT2D eigenvalue weighted by molar-refractivity contribution is -0.121. The molecule has 300 valence electrons. The van der Waals surface area contributed by atoms with Crippen LogP contribution in [0.25, 0.3) is 0 Å². The van der Waals surface area contributed by atoms with Gasteiger partial charge in [-0.05, 0) is 94.2 Å². The van der Waals surface area contributed by atoms with Gasteiger partial charge in [0.15, 0.2) is 0 Å². The monoisotopic (exact) mass is 798 g/mol. The Hall–Kier alpha value is -3.66. The molecule has 4 heterocycles. The lowest BCUT2D eigenvalue weighted by Crippen LogP contribution is -2.42. The molecule has 6 rings (SSSR count). The van der Waals surface area contributed by atoms with E-state index in [1.165, 1.54) is 0 Å². The number of urea groups is 1. The molecule has 4 aliphatic heterocycles. The van der Waals surface area contributed by atoms with Gasteiger partial charge in [-0.2, -0.15) is 11.8 Å². The van der Waals surface area contributed by atoms with Gasteiger partial charge >= 0.3 is 6.03 Å². The highest BCUT2D eigenvalue weighted by Gasteiger charge is 2.42. The van der Waals surface area contributed by atoms with E-state index in [1.807, 2.05) is 36.0 Å². The van der Waals surface area contributed by atoms with Gasteiger partial charge < -0.3 is 39.6 Å². The molecule has 3 saturated heterocycles. The van der Waals surface area contributed by atoms with Gasteiger partial charge in [-0.1, -0.05) is 30.3 Å². The average Bonchev–Trinajstić information content (AvgIpc) is 3.83. The second-order valence-electron chi connectivity index (χ2n) is 14.9. The summed E-state index contributed by atoms with van der Waals surface area (Å²) in [5, 5.41) is 11.0. The molecule has 5 amide bonds. The minimum absolute atomic E-state index is 0.0373. The number of carbonyl (C=O) groups excluding carboxylic acids is 4. The highest BCUT2D eigenvalue weighted by Crippen LogP contribution is 2.44. The van der Waals surface area contributed by atoms with Gasteiger partial charge in [0.2, 0.25) is 11.8 Å². The van der Waals surface area contributed by atoms with Crippen LogP contribution in [0.4, 0.5) is 9.59 Å². The predicted molar refractivity (Wildman–Crippen MR) is 213 cm³/mol. The molecule has 3 fully saturated rings. The van der Waals surface area contributed by atoms with E-state index in [1.54, 1.807) is 0 Å². The Labute approximate surface area is 331 Å². The molecule has 0 spiro atoms. The Kier molecular flexibility index (Phi) is 14.1. The minimum Gasteiger partial charge on any atom is -0.491 e. The van der Waals surface area contributed by atoms with Gasteiger partial charge in [-0.3, -0.25) is 19.7 Å². The van der Waals surface area contributed by atoms with Crippen LogP contribution < -0.4 is 35.5 Å². The standard InChI is InChI=1S/C40H54N4O9S2/c1-24-25(2)36-29(13-14-40(4,53-36)23-52-28-11-9-27(10-12-28)21-32-37(46)44-39(48)55-32)26(3)35(24)51-20-19-50-18-17-49-16-15-41-33(45)8-6-5-7-31-34-30(22-54-31)42-38(47)43-34/h9-12,30-32,34H,5-8,13-23H2,1-4H3,(H,41,45)(H2,42,43,47)(H,44,46,48)/t30-,31-,32?,34-,40?/m0/s1. The maximum absolute atomic E-state index is 12.2. The first-order chi connectivity index (χ1) is 26.5. The summed E-state index contributed by atoms with van der Waals surface area (Å²) in [6, 6.07) is 8.03. The first-order valence-electron chi connectivity index (χ1n) is 19.3. The highest BCUT2D eigenvalue weighted by molar-refractivity contribution is 8.15. The third-order valence-electron chi connectivity index (χ3n) is 10.7. The molecule has 2 unspecified atom stereocenters. The number of fused-ring (bicyclic) bond motifs is 2. The van der Waals surface area contributed by atoms with Crippen LogP contribution in [0.3, 0.4) is 0 Å². The Morgan fingerprint density at radius 3 is 2.47 bits per heavy atom. The zero-order chi connectivity index (χ0) is 39.0. The number of nitrogens with one attached hydrogen (secondary N) is 4. The smallest absolute Gasteiger partial charge is 0.315 e. The van der Waals surface area contributed by atoms with Crippen molar-refractivity contribution in [2.45, 2.75) is 101 Å². The topological polar surface area (TPSA) is 163 Å². The van der Waals surface area contributed by atoms with E-state index in [0.717, 1.165) is 94.7 Å². The van der Waals surface area contributed by atoms with Gasteiger partial charge in [0.25, 0.3) is 5.24 Å². The highest BCUT2D eigenvalue weighted by atomic mass is 32.2. The summed E-state index contributed by atoms with van der Waals surface area (Å²) in [7, 11) is 0. The minimum atomic E-state index is -0.507. The first-order valence-corrected chi connectivity index (χ1v) is 21.2. The molecule has 0 bridgehead atoms. The third-order valence-corrected chi connectivity index (χ3v) is 13.2. The molecule has 2 aromatic rings. The molecule has 4 N–H and O–H groups in total. The maximum atomic E-state index is 12.2. The fraction of sp³-hybridized carbons (Fsp3) is 0.600. The number of unbranched alkanes of at least 4 members (excludes halogenated alkanes) is 1. The summed E-state index contributed by atoms with van der Waals surface area (Å²) in [5.74, 6) is 3.25. The number of hydrogen-bond donors (Lipinski definition) is 4. The lowest BCUT2D eigenvalue weighted by atomic mass is 9.87. The van der Waals surface area contributed by atoms with Crippen molar-refractivity contribution in [2.75, 3.05) is 51.9 Å². The average molecular weight is 799 g/mol. The fourth-order valence-corrected chi connectivity index (χ4v) is 9.85. The Morgan fingerprint density at radius 1 is 0.945 bits per heavy atom. The van der Waals surface area contributed by atoms with Crippen molar-refractivity contribution in [2.24, 2.45) is 0 Å². The van der Waals surface area contributed by atoms with Gasteiger partial charge in [0.1, 0.15) is 36.1 Å². The lowest BCUT2D eigenvalue weighted by Gasteiger charge is -2.38. The molecule has 55 heavy (non-hydrogen) atoms. The SMILES string of the molecule is Cc1c(C)c2c(c(C)c1OCCOCCOCCNC(=O)CCCC[C@@H]1SC[C@@H]3NC(=O)N[C@@H]31)CCC(C)(COc1ccc(CC3SC(=O)NC3=O)cc1)O2. The normalized spacial score (nSPS) is 24.0. The summed E-state index contributed by atoms with van der Waals surface area (Å²) < 4.78 is 30.4. The van der Waals surface area contributed by atoms with E-state index in [9.17, 15) is 19.2 Å². The summed E-state index contributed by atoms with van der Waals surface area (Å²) in [6.07, 6.45) is 5.42. The quantitative estimate of drug-likeness (QED) is 0.106. The first kappa shape index (κ1) is 41.0. The van der Waals surface area contributed by atoms with E-state index in [2.05, 4.69) is 49.0 Å². The second-order valence-corrected chi connectivity index (χ2v) is 17.3. The Bertz CT molecular complexity index is 1710. The van der Waals surface area contributed by atoms with Crippen molar-refractivity contribution in [1.29, 1.82) is 0 Å². The second kappa shape index (κ2) is 19.0. The number of amides is 5. The van der Waals surface area contributed by atoms with Crippen molar-refractivity contribution in [1.82, 2.24) is 21.3 Å². The van der Waals surface area contributed by atoms with Gasteiger partial charge in [0, 0.05) is 29.5 Å². The van der Waals surface area contributed by atoms with Crippen molar-refractivity contribution in [3.8, 4) is 17.2 Å². The van der Waals surface area contributed by atoms with Crippen molar-refractivity contribution in [3.05, 3.63) is 52.1 Å². The molecule has 4 aliphatic rings. The molecule has 5 atom stereocenters. The largest absolute Gasteiger partial charge is 0.491 e. The van der Waals surface area contributed by atoms with Crippen LogP contribution in [0.1, 0.15) is 66.8 Å². The Morgan fingerprint density at radius 2 is 1.71 bits per heavy atom. The predicted octanol–water partition coefficient (Wildman–Crippen LogP) is 4.92. The molecule has 15 heteroatoms. The van der Waals surface area contributed by atoms with E-state index in [0.29, 0.717) is 64.3 Å². The number of rotatable bonds is 20. The molecule has 13 nitrogen and oxygen atoms in total. The molecule has 0 aliphatic carbocycles. The van der Waals surface area contributed by atoms with Crippen molar-refractivity contribution >= 4 is 46.6 Å². The Balaban J connectivity index is 0.829. The van der Waals surface area contributed by atoms with Gasteiger partial charge in [-0.25, -0.2) is 4.79 Å². The fourth-order valence-electron chi connectivity index (χ4n) is 7.45. The molecule has 0 radical (unpaired) electrons. The summed E-state index contributed by atoms with van der Waals surface area (Å²) in [4.78, 5) is 47.1. The van der Waals surface area contributed by atoms with Gasteiger partial charge in [-0.15, -0.1) is 0 Å². The summed E-state index contributed by atoms with van der Waals surface area (Å²) in [5.41, 5.74) is 4.80. The van der Waals surface area contributed by atoms with E-state index in [4.69, 9.17) is 23.7 Å². The number of imide groups is 1. The van der Waals surface area contributed by atoms with Crippen LogP contribution in [0.15, 0.2) is 24.3 Å².